The molecule has 0 bridgehead atoms. The number of rotatable bonds is 8. The second-order valence-electron chi connectivity index (χ2n) is 6.66. The molecular weight excluding hydrogens is 266 g/mol. The highest BCUT2D eigenvalue weighted by Gasteiger charge is 2.41. The monoisotopic (exact) mass is 297 g/mol. The molecule has 3 atom stereocenters. The number of hydrogen-bond acceptors (Lipinski definition) is 3. The third-order valence-corrected chi connectivity index (χ3v) is 6.18. The summed E-state index contributed by atoms with van der Waals surface area (Å²) in [7, 11) is 1.77. The van der Waals surface area contributed by atoms with E-state index in [1.165, 1.54) is 19.3 Å². The Morgan fingerprint density at radius 3 is 2.85 bits per heavy atom. The van der Waals surface area contributed by atoms with E-state index in [1.807, 2.05) is 17.8 Å². The summed E-state index contributed by atoms with van der Waals surface area (Å²) in [6.45, 7) is 11.6. The molecule has 3 heteroatoms. The third-order valence-electron chi connectivity index (χ3n) is 4.32. The maximum Gasteiger partial charge on any atom is 0.0578 e. The molecule has 0 amide bonds. The molecule has 0 heterocycles. The zero-order valence-corrected chi connectivity index (χ0v) is 14.4. The van der Waals surface area contributed by atoms with Crippen LogP contribution in [0.4, 0.5) is 0 Å². The minimum absolute atomic E-state index is 0.316. The van der Waals surface area contributed by atoms with Gasteiger partial charge < -0.3 is 10.1 Å². The molecule has 2 nitrogen and oxygen atoms in total. The third kappa shape index (κ3) is 4.92. The van der Waals surface area contributed by atoms with Gasteiger partial charge in [-0.15, -0.1) is 6.58 Å². The predicted octanol–water partition coefficient (Wildman–Crippen LogP) is 4.94. The van der Waals surface area contributed by atoms with Crippen LogP contribution in [-0.4, -0.2) is 29.9 Å². The Kier molecular flexibility index (Phi) is 7.32. The van der Waals surface area contributed by atoms with E-state index in [9.17, 15) is 0 Å². The molecule has 0 radical (unpaired) electrons. The van der Waals surface area contributed by atoms with Crippen LogP contribution in [0.3, 0.4) is 0 Å². The molecule has 0 saturated heterocycles. The quantitative estimate of drug-likeness (QED) is 0.509. The lowest BCUT2D eigenvalue weighted by atomic mass is 9.69. The molecule has 1 aliphatic rings. The Labute approximate surface area is 129 Å². The van der Waals surface area contributed by atoms with E-state index in [1.54, 1.807) is 7.11 Å². The van der Waals surface area contributed by atoms with Crippen molar-refractivity contribution in [3.63, 3.8) is 0 Å². The number of nitrogens with one attached hydrogen (secondary N) is 1. The normalized spacial score (nSPS) is 27.0. The standard InChI is InChI=1S/C17H31NOS/c1-6-7-10-15(18)14-9-8-11-17(3,4)16(14)20-13(2)12-19-5/h6,13-14,16,18H,1,7-12H2,2-5H3. The Morgan fingerprint density at radius 2 is 2.25 bits per heavy atom. The van der Waals surface area contributed by atoms with Gasteiger partial charge in [0.05, 0.1) is 6.61 Å². The van der Waals surface area contributed by atoms with Crippen molar-refractivity contribution in [2.24, 2.45) is 11.3 Å². The maximum atomic E-state index is 8.45. The minimum atomic E-state index is 0.316. The molecule has 0 aromatic rings. The van der Waals surface area contributed by atoms with Crippen molar-refractivity contribution in [3.05, 3.63) is 12.7 Å². The van der Waals surface area contributed by atoms with Crippen molar-refractivity contribution < 1.29 is 4.74 Å². The van der Waals surface area contributed by atoms with Crippen LogP contribution in [-0.2, 0) is 4.74 Å². The molecule has 1 rings (SSSR count). The highest BCUT2D eigenvalue weighted by atomic mass is 32.2. The van der Waals surface area contributed by atoms with Crippen molar-refractivity contribution in [1.29, 1.82) is 5.41 Å². The van der Waals surface area contributed by atoms with Crippen molar-refractivity contribution in [2.75, 3.05) is 13.7 Å². The lowest BCUT2D eigenvalue weighted by Gasteiger charge is -2.45. The average molecular weight is 298 g/mol. The Hall–Kier alpha value is -0.280. The number of methoxy groups -OCH3 is 1. The molecular formula is C17H31NOS. The molecule has 0 spiro atoms. The first-order valence-corrected chi connectivity index (χ1v) is 8.69. The van der Waals surface area contributed by atoms with E-state index in [2.05, 4.69) is 27.4 Å². The lowest BCUT2D eigenvalue weighted by Crippen LogP contribution is -2.42. The van der Waals surface area contributed by atoms with Gasteiger partial charge in [-0.05, 0) is 31.1 Å². The van der Waals surface area contributed by atoms with Crippen molar-refractivity contribution >= 4 is 17.5 Å². The van der Waals surface area contributed by atoms with Crippen LogP contribution in [0.2, 0.25) is 0 Å². The largest absolute Gasteiger partial charge is 0.384 e. The lowest BCUT2D eigenvalue weighted by molar-refractivity contribution is 0.199. The first kappa shape index (κ1) is 17.8. The Balaban J connectivity index is 2.77. The van der Waals surface area contributed by atoms with Crippen LogP contribution in [0, 0.1) is 16.7 Å². The first-order chi connectivity index (χ1) is 9.42. The summed E-state index contributed by atoms with van der Waals surface area (Å²) < 4.78 is 5.29. The van der Waals surface area contributed by atoms with Gasteiger partial charge in [-0.3, -0.25) is 0 Å². The van der Waals surface area contributed by atoms with E-state index in [-0.39, 0.29) is 0 Å². The number of thioether (sulfide) groups is 1. The van der Waals surface area contributed by atoms with Crippen LogP contribution in [0.1, 0.15) is 52.9 Å². The molecule has 1 saturated carbocycles. The molecule has 20 heavy (non-hydrogen) atoms. The molecule has 3 unspecified atom stereocenters. The van der Waals surface area contributed by atoms with Crippen LogP contribution < -0.4 is 0 Å². The maximum absolute atomic E-state index is 8.45. The van der Waals surface area contributed by atoms with Crippen LogP contribution in [0.25, 0.3) is 0 Å². The van der Waals surface area contributed by atoms with Gasteiger partial charge in [0, 0.05) is 29.2 Å². The zero-order chi connectivity index (χ0) is 15.2. The summed E-state index contributed by atoms with van der Waals surface area (Å²) in [5.74, 6) is 0.433. The van der Waals surface area contributed by atoms with Gasteiger partial charge in [0.25, 0.3) is 0 Å². The second-order valence-corrected chi connectivity index (χ2v) is 8.25. The van der Waals surface area contributed by atoms with E-state index in [4.69, 9.17) is 10.1 Å². The summed E-state index contributed by atoms with van der Waals surface area (Å²) in [5, 5.41) is 9.49. The molecule has 1 fully saturated rings. The Bertz CT molecular complexity index is 327. The number of allylic oxidation sites excluding steroid dienone is 1. The summed E-state index contributed by atoms with van der Waals surface area (Å²) in [6, 6.07) is 0. The fourth-order valence-electron chi connectivity index (χ4n) is 3.22. The minimum Gasteiger partial charge on any atom is -0.384 e. The van der Waals surface area contributed by atoms with Gasteiger partial charge in [-0.2, -0.15) is 11.8 Å². The fraction of sp³-hybridized carbons (Fsp3) is 0.824. The van der Waals surface area contributed by atoms with Gasteiger partial charge in [-0.25, -0.2) is 0 Å². The molecule has 0 aliphatic heterocycles. The molecule has 1 N–H and O–H groups in total. The SMILES string of the molecule is C=CCCC(=N)C1CCCC(C)(C)C1SC(C)COC. The van der Waals surface area contributed by atoms with Gasteiger partial charge >= 0.3 is 0 Å². The molecule has 0 aromatic heterocycles. The average Bonchev–Trinajstić information content (AvgIpc) is 2.38. The second kappa shape index (κ2) is 8.23. The van der Waals surface area contributed by atoms with Crippen LogP contribution in [0.15, 0.2) is 12.7 Å². The Morgan fingerprint density at radius 1 is 1.55 bits per heavy atom. The first-order valence-electron chi connectivity index (χ1n) is 7.75. The smallest absolute Gasteiger partial charge is 0.0578 e. The summed E-state index contributed by atoms with van der Waals surface area (Å²) in [4.78, 5) is 0. The molecule has 0 aromatic carbocycles. The van der Waals surface area contributed by atoms with Gasteiger partial charge in [0.15, 0.2) is 0 Å². The van der Waals surface area contributed by atoms with Crippen LogP contribution >= 0.6 is 11.8 Å². The number of hydrogen-bond donors (Lipinski definition) is 1. The van der Waals surface area contributed by atoms with Crippen molar-refractivity contribution in [2.45, 2.75) is 63.4 Å². The van der Waals surface area contributed by atoms with Crippen molar-refractivity contribution in [3.8, 4) is 0 Å². The summed E-state index contributed by atoms with van der Waals surface area (Å²) in [5.41, 5.74) is 1.25. The summed E-state index contributed by atoms with van der Waals surface area (Å²) >= 11 is 2.03. The van der Waals surface area contributed by atoms with Gasteiger partial charge in [0.1, 0.15) is 0 Å². The van der Waals surface area contributed by atoms with Gasteiger partial charge in [-0.1, -0.05) is 33.3 Å². The van der Waals surface area contributed by atoms with Crippen molar-refractivity contribution in [1.82, 2.24) is 0 Å². The van der Waals surface area contributed by atoms with E-state index in [0.29, 0.717) is 21.8 Å². The van der Waals surface area contributed by atoms with Gasteiger partial charge in [0.2, 0.25) is 0 Å². The van der Waals surface area contributed by atoms with E-state index in [0.717, 1.165) is 25.2 Å². The zero-order valence-electron chi connectivity index (χ0n) is 13.6. The molecule has 1 aliphatic carbocycles. The highest BCUT2D eigenvalue weighted by molar-refractivity contribution is 8.00. The van der Waals surface area contributed by atoms with Crippen LogP contribution in [0.5, 0.6) is 0 Å². The topological polar surface area (TPSA) is 33.1 Å². The fourth-order valence-corrected chi connectivity index (χ4v) is 4.91. The number of ether oxygens (including phenoxy) is 1. The summed E-state index contributed by atoms with van der Waals surface area (Å²) in [6.07, 6.45) is 7.44. The van der Waals surface area contributed by atoms with E-state index < -0.39 is 0 Å². The highest BCUT2D eigenvalue weighted by Crippen LogP contribution is 2.47. The van der Waals surface area contributed by atoms with E-state index >= 15 is 0 Å². The predicted molar refractivity (Wildman–Crippen MR) is 91.0 cm³/mol. The molecule has 116 valence electrons.